The van der Waals surface area contributed by atoms with Crippen molar-refractivity contribution >= 4 is 11.8 Å². The van der Waals surface area contributed by atoms with Crippen LogP contribution in [-0.2, 0) is 0 Å². The van der Waals surface area contributed by atoms with E-state index in [4.69, 9.17) is 0 Å². The van der Waals surface area contributed by atoms with Gasteiger partial charge in [-0.2, -0.15) is 11.8 Å². The van der Waals surface area contributed by atoms with Crippen LogP contribution < -0.4 is 0 Å². The van der Waals surface area contributed by atoms with Crippen molar-refractivity contribution in [1.29, 1.82) is 0 Å². The lowest BCUT2D eigenvalue weighted by Crippen LogP contribution is -2.29. The highest BCUT2D eigenvalue weighted by atomic mass is 32.2. The molecule has 0 aromatic carbocycles. The zero-order valence-electron chi connectivity index (χ0n) is 6.79. The van der Waals surface area contributed by atoms with E-state index in [0.717, 1.165) is 17.9 Å². The smallest absolute Gasteiger partial charge is 0.0977 e. The maximum Gasteiger partial charge on any atom is 0.0977 e. The lowest BCUT2D eigenvalue weighted by Gasteiger charge is -2.27. The molecule has 1 rings (SSSR count). The number of alkyl halides is 1. The molecule has 0 aromatic heterocycles. The second-order valence-corrected chi connectivity index (χ2v) is 4.36. The molecule has 0 radical (unpaired) electrons. The molecule has 0 amide bonds. The third kappa shape index (κ3) is 2.99. The number of aliphatic hydroxyl groups is 1. The fourth-order valence-corrected chi connectivity index (χ4v) is 2.61. The lowest BCUT2D eigenvalue weighted by atomic mass is 9.94. The van der Waals surface area contributed by atoms with Crippen molar-refractivity contribution in [2.75, 3.05) is 11.5 Å². The summed E-state index contributed by atoms with van der Waals surface area (Å²) >= 11 is 1.76. The summed E-state index contributed by atoms with van der Waals surface area (Å²) in [5, 5.41) is 9.43. The fourth-order valence-electron chi connectivity index (χ4n) is 1.46. The highest BCUT2D eigenvalue weighted by Gasteiger charge is 2.24. The first-order valence-electron chi connectivity index (χ1n) is 4.10. The Morgan fingerprint density at radius 2 is 2.45 bits per heavy atom. The summed E-state index contributed by atoms with van der Waals surface area (Å²) in [6.45, 7) is 1.56. The van der Waals surface area contributed by atoms with E-state index in [1.165, 1.54) is 0 Å². The van der Waals surface area contributed by atoms with Crippen LogP contribution in [0.3, 0.4) is 0 Å². The van der Waals surface area contributed by atoms with Crippen LogP contribution in [0.2, 0.25) is 0 Å². The number of aliphatic hydroxyl groups excluding tert-OH is 1. The van der Waals surface area contributed by atoms with Crippen LogP contribution in [0.25, 0.3) is 0 Å². The molecule has 1 heterocycles. The first-order chi connectivity index (χ1) is 5.20. The molecule has 0 saturated carbocycles. The Hall–Kier alpha value is 0.240. The molecule has 1 nitrogen and oxygen atoms in total. The number of rotatable bonds is 2. The van der Waals surface area contributed by atoms with E-state index in [9.17, 15) is 9.50 Å². The van der Waals surface area contributed by atoms with Gasteiger partial charge in [-0.15, -0.1) is 0 Å². The van der Waals surface area contributed by atoms with Gasteiger partial charge in [-0.1, -0.05) is 0 Å². The highest BCUT2D eigenvalue weighted by molar-refractivity contribution is 7.99. The van der Waals surface area contributed by atoms with Crippen LogP contribution in [0.4, 0.5) is 4.39 Å². The van der Waals surface area contributed by atoms with Gasteiger partial charge in [-0.25, -0.2) is 4.39 Å². The quantitative estimate of drug-likeness (QED) is 0.696. The summed E-state index contributed by atoms with van der Waals surface area (Å²) in [7, 11) is 0. The Morgan fingerprint density at radius 1 is 1.73 bits per heavy atom. The molecule has 1 aliphatic rings. The van der Waals surface area contributed by atoms with Gasteiger partial charge < -0.3 is 5.11 Å². The molecule has 3 heteroatoms. The number of halogens is 1. The minimum atomic E-state index is -0.766. The predicted octanol–water partition coefficient (Wildman–Crippen LogP) is 1.85. The molecule has 0 aromatic rings. The second kappa shape index (κ2) is 4.31. The first-order valence-corrected chi connectivity index (χ1v) is 5.25. The molecule has 11 heavy (non-hydrogen) atoms. The van der Waals surface area contributed by atoms with Crippen LogP contribution in [0.1, 0.15) is 19.8 Å². The molecule has 0 spiro atoms. The predicted molar refractivity (Wildman–Crippen MR) is 46.6 cm³/mol. The third-order valence-electron chi connectivity index (χ3n) is 2.09. The zero-order valence-corrected chi connectivity index (χ0v) is 7.61. The average molecular weight is 178 g/mol. The van der Waals surface area contributed by atoms with Crippen LogP contribution in [0.5, 0.6) is 0 Å². The maximum atomic E-state index is 12.5. The van der Waals surface area contributed by atoms with Crippen molar-refractivity contribution in [2.24, 2.45) is 5.92 Å². The van der Waals surface area contributed by atoms with Crippen LogP contribution in [-0.4, -0.2) is 28.9 Å². The highest BCUT2D eigenvalue weighted by Crippen LogP contribution is 2.27. The second-order valence-electron chi connectivity index (χ2n) is 3.21. The van der Waals surface area contributed by atoms with Crippen molar-refractivity contribution in [2.45, 2.75) is 32.0 Å². The Bertz CT molecular complexity index is 119. The normalized spacial score (nSPS) is 35.2. The van der Waals surface area contributed by atoms with Crippen molar-refractivity contribution in [3.63, 3.8) is 0 Å². The summed E-state index contributed by atoms with van der Waals surface area (Å²) in [6.07, 6.45) is 0.464. The molecule has 66 valence electrons. The topological polar surface area (TPSA) is 20.2 Å². The summed E-state index contributed by atoms with van der Waals surface area (Å²) in [5.41, 5.74) is 0. The van der Waals surface area contributed by atoms with Gasteiger partial charge in [0.2, 0.25) is 0 Å². The van der Waals surface area contributed by atoms with Crippen molar-refractivity contribution in [3.05, 3.63) is 0 Å². The van der Waals surface area contributed by atoms with Gasteiger partial charge >= 0.3 is 0 Å². The maximum absolute atomic E-state index is 12.5. The number of hydrogen-bond acceptors (Lipinski definition) is 2. The van der Waals surface area contributed by atoms with Crippen molar-refractivity contribution in [3.8, 4) is 0 Å². The van der Waals surface area contributed by atoms with Gasteiger partial charge in [0.05, 0.1) is 12.3 Å². The zero-order chi connectivity index (χ0) is 8.27. The van der Waals surface area contributed by atoms with Gasteiger partial charge in [0.1, 0.15) is 0 Å². The largest absolute Gasteiger partial charge is 0.392 e. The minimum Gasteiger partial charge on any atom is -0.392 e. The SMILES string of the molecule is CC(F)CC1CCSCC1O. The third-order valence-corrected chi connectivity index (χ3v) is 3.19. The van der Waals surface area contributed by atoms with E-state index in [2.05, 4.69) is 0 Å². The number of hydrogen-bond donors (Lipinski definition) is 1. The van der Waals surface area contributed by atoms with Crippen LogP contribution in [0, 0.1) is 5.92 Å². The summed E-state index contributed by atoms with van der Waals surface area (Å²) in [6, 6.07) is 0. The van der Waals surface area contributed by atoms with Gasteiger partial charge in [0.15, 0.2) is 0 Å². The average Bonchev–Trinajstić information content (AvgIpc) is 1.93. The Balaban J connectivity index is 2.29. The van der Waals surface area contributed by atoms with Crippen LogP contribution >= 0.6 is 11.8 Å². The van der Waals surface area contributed by atoms with E-state index in [0.29, 0.717) is 6.42 Å². The Morgan fingerprint density at radius 3 is 3.00 bits per heavy atom. The standard InChI is InChI=1S/C8H15FOS/c1-6(9)4-7-2-3-11-5-8(7)10/h6-8,10H,2-5H2,1H3. The molecule has 1 aliphatic heterocycles. The van der Waals surface area contributed by atoms with Crippen molar-refractivity contribution < 1.29 is 9.50 Å². The molecule has 0 bridgehead atoms. The van der Waals surface area contributed by atoms with E-state index in [1.54, 1.807) is 18.7 Å². The summed E-state index contributed by atoms with van der Waals surface area (Å²) < 4.78 is 12.5. The summed E-state index contributed by atoms with van der Waals surface area (Å²) in [4.78, 5) is 0. The Labute approximate surface area is 71.4 Å². The molecular weight excluding hydrogens is 163 g/mol. The molecular formula is C8H15FOS. The van der Waals surface area contributed by atoms with E-state index < -0.39 is 6.17 Å². The van der Waals surface area contributed by atoms with E-state index in [1.807, 2.05) is 0 Å². The van der Waals surface area contributed by atoms with Gasteiger partial charge in [-0.3, -0.25) is 0 Å². The van der Waals surface area contributed by atoms with Gasteiger partial charge in [-0.05, 0) is 31.4 Å². The van der Waals surface area contributed by atoms with Crippen LogP contribution in [0.15, 0.2) is 0 Å². The van der Waals surface area contributed by atoms with Crippen molar-refractivity contribution in [1.82, 2.24) is 0 Å². The van der Waals surface area contributed by atoms with E-state index in [-0.39, 0.29) is 12.0 Å². The fraction of sp³-hybridized carbons (Fsp3) is 1.00. The van der Waals surface area contributed by atoms with Gasteiger partial charge in [0.25, 0.3) is 0 Å². The molecule has 3 atom stereocenters. The summed E-state index contributed by atoms with van der Waals surface area (Å²) in [5.74, 6) is 2.07. The lowest BCUT2D eigenvalue weighted by molar-refractivity contribution is 0.101. The monoisotopic (exact) mass is 178 g/mol. The van der Waals surface area contributed by atoms with Gasteiger partial charge in [0, 0.05) is 5.75 Å². The first kappa shape index (κ1) is 9.33. The molecule has 3 unspecified atom stereocenters. The van der Waals surface area contributed by atoms with E-state index >= 15 is 0 Å². The molecule has 0 aliphatic carbocycles. The molecule has 1 fully saturated rings. The Kier molecular flexibility index (Phi) is 3.66. The molecule has 1 saturated heterocycles. The number of thioether (sulfide) groups is 1. The molecule has 1 N–H and O–H groups in total. The minimum absolute atomic E-state index is 0.205.